The third-order valence-corrected chi connectivity index (χ3v) is 4.19. The van der Waals surface area contributed by atoms with Gasteiger partial charge in [-0.15, -0.1) is 0 Å². The van der Waals surface area contributed by atoms with Crippen molar-refractivity contribution in [2.45, 2.75) is 13.0 Å². The number of fused-ring (bicyclic) bond motifs is 1. The number of ether oxygens (including phenoxy) is 1. The second-order valence-electron chi connectivity index (χ2n) is 5.82. The third-order valence-electron chi connectivity index (χ3n) is 4.19. The predicted molar refractivity (Wildman–Crippen MR) is 79.0 cm³/mol. The Morgan fingerprint density at radius 1 is 1.26 bits per heavy atom. The molecular weight excluding hydrogens is 238 g/mol. The van der Waals surface area contributed by atoms with E-state index in [1.165, 1.54) is 11.3 Å². The first-order valence-corrected chi connectivity index (χ1v) is 6.94. The monoisotopic (exact) mass is 260 g/mol. The number of quaternary nitrogens is 1. The maximum atomic E-state index is 5.44. The van der Waals surface area contributed by atoms with E-state index in [1.807, 2.05) is 6.34 Å². The van der Waals surface area contributed by atoms with Crippen molar-refractivity contribution in [2.75, 3.05) is 40.4 Å². The van der Waals surface area contributed by atoms with Crippen LogP contribution in [0.2, 0.25) is 0 Å². The Balaban J connectivity index is 1.94. The van der Waals surface area contributed by atoms with Crippen molar-refractivity contribution in [3.8, 4) is 0 Å². The van der Waals surface area contributed by atoms with Crippen LogP contribution in [0, 0.1) is 0 Å². The molecule has 2 heterocycles. The van der Waals surface area contributed by atoms with Gasteiger partial charge in [0.2, 0.25) is 0 Å². The highest BCUT2D eigenvalue weighted by Crippen LogP contribution is 2.42. The van der Waals surface area contributed by atoms with Crippen LogP contribution in [0.1, 0.15) is 18.5 Å². The third kappa shape index (κ3) is 2.20. The van der Waals surface area contributed by atoms with E-state index in [4.69, 9.17) is 4.74 Å². The average Bonchev–Trinajstić information content (AvgIpc) is 2.75. The van der Waals surface area contributed by atoms with Gasteiger partial charge < -0.3 is 4.74 Å². The van der Waals surface area contributed by atoms with Crippen molar-refractivity contribution in [1.29, 1.82) is 0 Å². The molecule has 0 radical (unpaired) electrons. The van der Waals surface area contributed by atoms with E-state index >= 15 is 0 Å². The van der Waals surface area contributed by atoms with Crippen molar-refractivity contribution in [2.24, 2.45) is 4.99 Å². The van der Waals surface area contributed by atoms with Gasteiger partial charge in [-0.1, -0.05) is 12.1 Å². The van der Waals surface area contributed by atoms with Gasteiger partial charge in [-0.05, 0) is 6.92 Å². The van der Waals surface area contributed by atoms with Crippen molar-refractivity contribution in [3.05, 3.63) is 23.8 Å². The van der Waals surface area contributed by atoms with Crippen LogP contribution in [-0.4, -0.2) is 51.6 Å². The molecule has 0 bridgehead atoms. The van der Waals surface area contributed by atoms with Gasteiger partial charge in [0, 0.05) is 30.8 Å². The lowest BCUT2D eigenvalue weighted by molar-refractivity contribution is 0.0200. The van der Waals surface area contributed by atoms with Crippen molar-refractivity contribution in [3.63, 3.8) is 0 Å². The summed E-state index contributed by atoms with van der Waals surface area (Å²) in [4.78, 5) is 7.14. The molecule has 1 aromatic carbocycles. The Bertz CT molecular complexity index is 504. The fourth-order valence-electron chi connectivity index (χ4n) is 2.92. The van der Waals surface area contributed by atoms with Crippen LogP contribution in [0.3, 0.4) is 0 Å². The fraction of sp³-hybridized carbons (Fsp3) is 0.533. The van der Waals surface area contributed by atoms with E-state index in [2.05, 4.69) is 49.1 Å². The second-order valence-corrected chi connectivity index (χ2v) is 5.82. The maximum absolute atomic E-state index is 5.44. The summed E-state index contributed by atoms with van der Waals surface area (Å²) < 4.78 is 6.17. The zero-order valence-corrected chi connectivity index (χ0v) is 12.0. The van der Waals surface area contributed by atoms with E-state index in [-0.39, 0.29) is 0 Å². The number of hydrogen-bond donors (Lipinski definition) is 0. The molecule has 1 unspecified atom stereocenters. The molecule has 1 fully saturated rings. The molecule has 4 heteroatoms. The molecule has 1 aromatic rings. The smallest absolute Gasteiger partial charge is 0.195 e. The molecule has 3 rings (SSSR count). The molecule has 1 atom stereocenters. The van der Waals surface area contributed by atoms with Crippen LogP contribution >= 0.6 is 0 Å². The predicted octanol–water partition coefficient (Wildman–Crippen LogP) is 2.32. The zero-order valence-electron chi connectivity index (χ0n) is 12.0. The van der Waals surface area contributed by atoms with Crippen molar-refractivity contribution >= 4 is 17.7 Å². The summed E-state index contributed by atoms with van der Waals surface area (Å²) in [5, 5.41) is 0. The minimum absolute atomic E-state index is 0.397. The van der Waals surface area contributed by atoms with E-state index in [0.29, 0.717) is 6.04 Å². The Hall–Kier alpha value is -1.23. The summed E-state index contributed by atoms with van der Waals surface area (Å²) in [6.45, 7) is 5.96. The molecule has 1 saturated heterocycles. The van der Waals surface area contributed by atoms with Gasteiger partial charge in [-0.3, -0.25) is 9.38 Å². The van der Waals surface area contributed by atoms with Gasteiger partial charge in [0.05, 0.1) is 27.3 Å². The van der Waals surface area contributed by atoms with E-state index in [1.54, 1.807) is 0 Å². The summed E-state index contributed by atoms with van der Waals surface area (Å²) in [5.41, 5.74) is 3.78. The quantitative estimate of drug-likeness (QED) is 0.762. The van der Waals surface area contributed by atoms with Crippen LogP contribution in [0.4, 0.5) is 11.4 Å². The Morgan fingerprint density at radius 2 is 2.00 bits per heavy atom. The highest BCUT2D eigenvalue weighted by atomic mass is 16.5. The number of benzene rings is 1. The first-order chi connectivity index (χ1) is 9.09. The largest absolute Gasteiger partial charge is 0.379 e. The van der Waals surface area contributed by atoms with Crippen LogP contribution in [0.5, 0.6) is 0 Å². The number of rotatable bonds is 2. The van der Waals surface area contributed by atoms with Crippen LogP contribution in [-0.2, 0) is 4.74 Å². The molecule has 0 saturated carbocycles. The fourth-order valence-corrected chi connectivity index (χ4v) is 2.92. The number of morpholine rings is 1. The molecular formula is C15H22N3O+. The van der Waals surface area contributed by atoms with Gasteiger partial charge in [0.25, 0.3) is 0 Å². The molecule has 2 aliphatic heterocycles. The molecule has 0 spiro atoms. The van der Waals surface area contributed by atoms with Gasteiger partial charge in [0.15, 0.2) is 12.0 Å². The van der Waals surface area contributed by atoms with Crippen molar-refractivity contribution < 1.29 is 4.74 Å². The number of hydrogen-bond acceptors (Lipinski definition) is 3. The number of aliphatic imine (C=N–C) groups is 1. The van der Waals surface area contributed by atoms with Gasteiger partial charge in [-0.25, -0.2) is 0 Å². The molecule has 0 N–H and O–H groups in total. The summed E-state index contributed by atoms with van der Waals surface area (Å²) in [7, 11) is 4.33. The van der Waals surface area contributed by atoms with Crippen LogP contribution in [0.25, 0.3) is 0 Å². The molecule has 19 heavy (non-hydrogen) atoms. The van der Waals surface area contributed by atoms with Crippen LogP contribution in [0.15, 0.2) is 23.2 Å². The number of para-hydroxylation sites is 1. The molecule has 0 aromatic heterocycles. The minimum Gasteiger partial charge on any atom is -0.379 e. The van der Waals surface area contributed by atoms with Gasteiger partial charge in [0.1, 0.15) is 5.69 Å². The van der Waals surface area contributed by atoms with Gasteiger partial charge in [-0.2, -0.15) is 4.99 Å². The standard InChI is InChI=1S/C15H22N3O/c1-12(17-7-9-19-10-8-17)13-5-4-6-14-15(13)16-11-18(14,2)3/h4-6,11-12H,7-10H2,1-3H3/q+1. The first kappa shape index (κ1) is 12.8. The first-order valence-electron chi connectivity index (χ1n) is 6.94. The highest BCUT2D eigenvalue weighted by molar-refractivity contribution is 5.89. The normalized spacial score (nSPS) is 23.3. The Labute approximate surface area is 114 Å². The van der Waals surface area contributed by atoms with Crippen molar-refractivity contribution in [1.82, 2.24) is 9.38 Å². The lowest BCUT2D eigenvalue weighted by Crippen LogP contribution is -2.38. The lowest BCUT2D eigenvalue weighted by Gasteiger charge is -2.33. The van der Waals surface area contributed by atoms with E-state index < -0.39 is 0 Å². The molecule has 4 nitrogen and oxygen atoms in total. The Kier molecular flexibility index (Phi) is 3.17. The lowest BCUT2D eigenvalue weighted by atomic mass is 10.0. The Morgan fingerprint density at radius 3 is 2.74 bits per heavy atom. The minimum atomic E-state index is 0.397. The second kappa shape index (κ2) is 4.71. The highest BCUT2D eigenvalue weighted by Gasteiger charge is 2.31. The molecule has 102 valence electrons. The van der Waals surface area contributed by atoms with Crippen LogP contribution < -0.4 is 4.48 Å². The number of nitrogens with zero attached hydrogens (tertiary/aromatic N) is 3. The molecule has 0 aliphatic carbocycles. The van der Waals surface area contributed by atoms with Gasteiger partial charge >= 0.3 is 0 Å². The molecule has 2 aliphatic rings. The summed E-state index contributed by atoms with van der Waals surface area (Å²) in [6.07, 6.45) is 2.01. The maximum Gasteiger partial charge on any atom is 0.195 e. The SMILES string of the molecule is CC(c1cccc2c1N=C[N+]2(C)C)N1CCOCC1. The topological polar surface area (TPSA) is 24.8 Å². The summed E-state index contributed by atoms with van der Waals surface area (Å²) in [5.74, 6) is 0. The van der Waals surface area contributed by atoms with E-state index in [9.17, 15) is 0 Å². The van der Waals surface area contributed by atoms with E-state index in [0.717, 1.165) is 36.5 Å². The summed E-state index contributed by atoms with van der Waals surface area (Å²) in [6, 6.07) is 6.94. The average molecular weight is 260 g/mol. The zero-order chi connectivity index (χ0) is 13.5. The molecule has 0 amide bonds. The summed E-state index contributed by atoms with van der Waals surface area (Å²) >= 11 is 0.